The highest BCUT2D eigenvalue weighted by atomic mass is 19.4. The number of aliphatic carboxylic acids is 2. The second kappa shape index (κ2) is 16.6. The first kappa shape index (κ1) is 38.5. The fourth-order valence-electron chi connectivity index (χ4n) is 6.08. The van der Waals surface area contributed by atoms with Gasteiger partial charge in [0.1, 0.15) is 12.7 Å². The number of nitrogens with zero attached hydrogens (tertiary/aromatic N) is 6. The topological polar surface area (TPSA) is 172 Å². The Kier molecular flexibility index (Phi) is 12.6. The number of piperidine rings is 1. The highest BCUT2D eigenvalue weighted by Gasteiger charge is 2.45. The van der Waals surface area contributed by atoms with Crippen LogP contribution in [0.3, 0.4) is 0 Å². The molecule has 0 spiro atoms. The molecular formula is C33H36F6N8O4. The molecule has 18 heteroatoms. The van der Waals surface area contributed by atoms with Gasteiger partial charge in [-0.05, 0) is 61.9 Å². The van der Waals surface area contributed by atoms with E-state index in [0.29, 0.717) is 11.9 Å². The Morgan fingerprint density at radius 1 is 0.863 bits per heavy atom. The van der Waals surface area contributed by atoms with Crippen LogP contribution in [0.5, 0.6) is 0 Å². The van der Waals surface area contributed by atoms with Crippen LogP contribution in [0, 0.1) is 5.92 Å². The van der Waals surface area contributed by atoms with Crippen LogP contribution in [0.25, 0.3) is 16.9 Å². The predicted molar refractivity (Wildman–Crippen MR) is 174 cm³/mol. The van der Waals surface area contributed by atoms with Crippen molar-refractivity contribution in [2.24, 2.45) is 11.7 Å². The number of carbonyl (C=O) groups is 2. The minimum Gasteiger partial charge on any atom is -0.475 e. The van der Waals surface area contributed by atoms with Gasteiger partial charge in [0.15, 0.2) is 0 Å². The van der Waals surface area contributed by atoms with E-state index >= 15 is 0 Å². The van der Waals surface area contributed by atoms with E-state index in [0.717, 1.165) is 55.7 Å². The van der Waals surface area contributed by atoms with E-state index in [9.17, 15) is 26.3 Å². The average molecular weight is 723 g/mol. The molecule has 274 valence electrons. The van der Waals surface area contributed by atoms with Crippen molar-refractivity contribution in [3.63, 3.8) is 0 Å². The number of alkyl halides is 6. The Hall–Kier alpha value is -5.26. The van der Waals surface area contributed by atoms with Gasteiger partial charge in [0.2, 0.25) is 5.95 Å². The fourth-order valence-corrected chi connectivity index (χ4v) is 6.08. The summed E-state index contributed by atoms with van der Waals surface area (Å²) in [5.41, 5.74) is 11.3. The van der Waals surface area contributed by atoms with Crippen LogP contribution in [-0.2, 0) is 9.59 Å². The molecule has 0 bridgehead atoms. The number of hydrogen-bond donors (Lipinski definition) is 4. The molecule has 1 aliphatic carbocycles. The minimum absolute atomic E-state index is 0.145. The highest BCUT2D eigenvalue weighted by Crippen LogP contribution is 2.39. The smallest absolute Gasteiger partial charge is 0.475 e. The Bertz CT molecular complexity index is 1690. The summed E-state index contributed by atoms with van der Waals surface area (Å²) in [6, 6.07) is 20.9. The van der Waals surface area contributed by atoms with E-state index in [1.54, 1.807) is 17.3 Å². The summed E-state index contributed by atoms with van der Waals surface area (Å²) in [5, 5.41) is 22.2. The molecule has 1 saturated heterocycles. The zero-order chi connectivity index (χ0) is 37.2. The zero-order valence-corrected chi connectivity index (χ0v) is 27.1. The minimum atomic E-state index is -5.08. The summed E-state index contributed by atoms with van der Waals surface area (Å²) in [7, 11) is 0. The SMILES string of the molecule is NC1([C@H]2CCCN(c3ccc(-n4cncn4)cc3)C2)CCCCC1Nc1nccc(-c2ccccc2)n1.O=C(O)C(F)(F)F.O=C(O)C(F)(F)F. The Morgan fingerprint density at radius 3 is 2.08 bits per heavy atom. The molecule has 2 fully saturated rings. The first-order valence-electron chi connectivity index (χ1n) is 15.8. The lowest BCUT2D eigenvalue weighted by atomic mass is 9.67. The summed E-state index contributed by atoms with van der Waals surface area (Å²) in [6.45, 7) is 2.01. The largest absolute Gasteiger partial charge is 0.490 e. The van der Waals surface area contributed by atoms with Crippen LogP contribution in [-0.4, -0.2) is 83.9 Å². The van der Waals surface area contributed by atoms with E-state index in [1.807, 2.05) is 30.5 Å². The Labute approximate surface area is 288 Å². The zero-order valence-electron chi connectivity index (χ0n) is 27.1. The second-order valence-corrected chi connectivity index (χ2v) is 11.9. The van der Waals surface area contributed by atoms with Gasteiger partial charge < -0.3 is 26.2 Å². The van der Waals surface area contributed by atoms with Crippen LogP contribution >= 0.6 is 0 Å². The molecule has 2 aromatic carbocycles. The molecule has 3 heterocycles. The summed E-state index contributed by atoms with van der Waals surface area (Å²) in [5.74, 6) is -4.45. The number of anilines is 2. The van der Waals surface area contributed by atoms with Crippen molar-refractivity contribution < 1.29 is 46.1 Å². The van der Waals surface area contributed by atoms with Crippen molar-refractivity contribution in [3.8, 4) is 16.9 Å². The standard InChI is InChI=1S/C29H34N8.2C2HF3O2/c30-29(23-9-6-18-36(19-23)24-11-13-25(14-12-24)37-21-31-20-33-37)16-5-4-10-27(29)35-28-32-17-15-26(34-28)22-7-2-1-3-8-22;2*3-2(4,5)1(6)7/h1-3,7-8,11-15,17,20-21,23,27H,4-6,9-10,16,18-19,30H2,(H,32,34,35);2*(H,6,7)/t23-,27?,29?;;/m0../s1. The number of carboxylic acids is 2. The van der Waals surface area contributed by atoms with Gasteiger partial charge in [0.05, 0.1) is 11.4 Å². The molecule has 12 nitrogen and oxygen atoms in total. The number of hydrogen-bond acceptors (Lipinski definition) is 9. The molecule has 4 aromatic rings. The lowest BCUT2D eigenvalue weighted by Gasteiger charge is -2.50. The third kappa shape index (κ3) is 10.6. The number of rotatable bonds is 6. The number of benzene rings is 2. The molecule has 0 amide bonds. The molecule has 1 saturated carbocycles. The van der Waals surface area contributed by atoms with Crippen molar-refractivity contribution in [1.82, 2.24) is 24.7 Å². The Morgan fingerprint density at radius 2 is 1.49 bits per heavy atom. The average Bonchev–Trinajstić information content (AvgIpc) is 3.65. The monoisotopic (exact) mass is 722 g/mol. The van der Waals surface area contributed by atoms with Gasteiger partial charge in [0.25, 0.3) is 0 Å². The van der Waals surface area contributed by atoms with Crippen LogP contribution in [0.15, 0.2) is 79.5 Å². The third-order valence-electron chi connectivity index (χ3n) is 8.59. The van der Waals surface area contributed by atoms with Gasteiger partial charge in [0, 0.05) is 42.1 Å². The van der Waals surface area contributed by atoms with Crippen LogP contribution in [0.4, 0.5) is 38.0 Å². The molecule has 5 N–H and O–H groups in total. The van der Waals surface area contributed by atoms with Crippen LogP contribution in [0.1, 0.15) is 38.5 Å². The molecular weight excluding hydrogens is 686 g/mol. The van der Waals surface area contributed by atoms with Crippen LogP contribution < -0.4 is 16.0 Å². The molecule has 2 aliphatic rings. The van der Waals surface area contributed by atoms with Gasteiger partial charge in [-0.25, -0.2) is 29.2 Å². The van der Waals surface area contributed by atoms with Crippen molar-refractivity contribution >= 4 is 23.6 Å². The first-order chi connectivity index (χ1) is 24.1. The van der Waals surface area contributed by atoms with E-state index in [-0.39, 0.29) is 11.6 Å². The van der Waals surface area contributed by atoms with E-state index in [2.05, 4.69) is 61.7 Å². The van der Waals surface area contributed by atoms with Crippen molar-refractivity contribution in [2.45, 2.75) is 62.5 Å². The molecule has 3 atom stereocenters. The predicted octanol–water partition coefficient (Wildman–Crippen LogP) is 5.96. The van der Waals surface area contributed by atoms with Crippen molar-refractivity contribution in [2.75, 3.05) is 23.3 Å². The number of carboxylic acid groups (broad SMARTS) is 2. The van der Waals surface area contributed by atoms with Gasteiger partial charge in [-0.15, -0.1) is 0 Å². The molecule has 2 aromatic heterocycles. The van der Waals surface area contributed by atoms with E-state index in [4.69, 9.17) is 30.5 Å². The maximum atomic E-state index is 10.6. The lowest BCUT2D eigenvalue weighted by molar-refractivity contribution is -0.193. The Balaban J connectivity index is 0.000000353. The van der Waals surface area contributed by atoms with Crippen LogP contribution in [0.2, 0.25) is 0 Å². The summed E-state index contributed by atoms with van der Waals surface area (Å²) >= 11 is 0. The third-order valence-corrected chi connectivity index (χ3v) is 8.59. The highest BCUT2D eigenvalue weighted by molar-refractivity contribution is 5.73. The lowest BCUT2D eigenvalue weighted by Crippen LogP contribution is -2.64. The number of halogens is 6. The van der Waals surface area contributed by atoms with E-state index < -0.39 is 24.3 Å². The van der Waals surface area contributed by atoms with Gasteiger partial charge in [-0.3, -0.25) is 0 Å². The summed E-state index contributed by atoms with van der Waals surface area (Å²) in [4.78, 5) is 33.7. The molecule has 1 aliphatic heterocycles. The quantitative estimate of drug-likeness (QED) is 0.173. The van der Waals surface area contributed by atoms with Gasteiger partial charge in [-0.2, -0.15) is 31.4 Å². The molecule has 0 radical (unpaired) electrons. The number of nitrogens with two attached hydrogens (primary N) is 1. The second-order valence-electron chi connectivity index (χ2n) is 11.9. The van der Waals surface area contributed by atoms with Crippen molar-refractivity contribution in [3.05, 3.63) is 79.5 Å². The normalized spacial score (nSPS) is 20.6. The van der Waals surface area contributed by atoms with E-state index in [1.165, 1.54) is 18.5 Å². The number of nitrogens with one attached hydrogen (secondary N) is 1. The molecule has 51 heavy (non-hydrogen) atoms. The first-order valence-corrected chi connectivity index (χ1v) is 15.8. The van der Waals surface area contributed by atoms with Crippen molar-refractivity contribution in [1.29, 1.82) is 0 Å². The maximum Gasteiger partial charge on any atom is 0.490 e. The molecule has 2 unspecified atom stereocenters. The number of aromatic nitrogens is 5. The van der Waals surface area contributed by atoms with Gasteiger partial charge in [-0.1, -0.05) is 43.2 Å². The fraction of sp³-hybridized carbons (Fsp3) is 0.394. The maximum absolute atomic E-state index is 10.6. The summed E-state index contributed by atoms with van der Waals surface area (Å²) in [6.07, 6.45) is 1.64. The molecule has 6 rings (SSSR count). The summed E-state index contributed by atoms with van der Waals surface area (Å²) < 4.78 is 65.3. The van der Waals surface area contributed by atoms with Gasteiger partial charge >= 0.3 is 24.3 Å².